The van der Waals surface area contributed by atoms with Crippen LogP contribution in [0.15, 0.2) is 36.4 Å². The Balaban J connectivity index is 0.00000484. The van der Waals surface area contributed by atoms with Crippen LogP contribution in [-0.4, -0.2) is 75.1 Å². The largest absolute Gasteiger partial charge is 0.478 e. The van der Waals surface area contributed by atoms with Gasteiger partial charge in [-0.05, 0) is 80.0 Å². The van der Waals surface area contributed by atoms with Crippen LogP contribution >= 0.6 is 12.4 Å². The summed E-state index contributed by atoms with van der Waals surface area (Å²) in [6, 6.07) is 10.2. The molecule has 2 aliphatic rings. The molecular weight excluding hydrogens is 558 g/mol. The highest BCUT2D eigenvalue weighted by Gasteiger charge is 2.54. The maximum Gasteiger partial charge on any atom is 0.335 e. The second-order valence-electron chi connectivity index (χ2n) is 11.8. The number of hydrogen-bond donors (Lipinski definition) is 3. The number of carbonyl (C=O) groups excluding carboxylic acids is 2. The molecule has 2 amide bonds. The number of piperidine rings is 1. The lowest BCUT2D eigenvalue weighted by Gasteiger charge is -2.52. The third-order valence-corrected chi connectivity index (χ3v) is 8.46. The fourth-order valence-electron chi connectivity index (χ4n) is 5.95. The van der Waals surface area contributed by atoms with Crippen molar-refractivity contribution in [3.63, 3.8) is 0 Å². The number of rotatable bonds is 10. The van der Waals surface area contributed by atoms with Gasteiger partial charge in [-0.3, -0.25) is 14.5 Å². The van der Waals surface area contributed by atoms with Crippen molar-refractivity contribution in [2.45, 2.75) is 84.5 Å². The van der Waals surface area contributed by atoms with E-state index in [1.807, 2.05) is 52.0 Å². The standard InChI is InChI=1S/C32H43N3O6.ClH/c1-6-7-14-35-29(37)26(27(36)20(2)3)33-31(40)32(35)12-15-34(16-13-32)19-23-8-10-25(11-9-23)41-28-21(4)17-24(30(38)39)18-22(28)5;/h8-11,17-18,20,26-27,36H,6-7,12-16,19H2,1-5H3,(H,33,40)(H,38,39);1H/t26-,27-;/m1./s1. The molecule has 0 radical (unpaired) electrons. The smallest absolute Gasteiger partial charge is 0.335 e. The Morgan fingerprint density at radius 2 is 1.69 bits per heavy atom. The number of benzene rings is 2. The van der Waals surface area contributed by atoms with E-state index in [9.17, 15) is 24.6 Å². The van der Waals surface area contributed by atoms with Gasteiger partial charge in [-0.25, -0.2) is 4.79 Å². The number of carbonyl (C=O) groups is 3. The molecule has 42 heavy (non-hydrogen) atoms. The first-order valence-electron chi connectivity index (χ1n) is 14.6. The highest BCUT2D eigenvalue weighted by Crippen LogP contribution is 2.35. The zero-order chi connectivity index (χ0) is 29.9. The van der Waals surface area contributed by atoms with Gasteiger partial charge < -0.3 is 25.2 Å². The first-order valence-corrected chi connectivity index (χ1v) is 14.6. The lowest BCUT2D eigenvalue weighted by molar-refractivity contribution is -0.165. The first kappa shape index (κ1) is 33.4. The number of hydrogen-bond acceptors (Lipinski definition) is 6. The van der Waals surface area contributed by atoms with Crippen LogP contribution < -0.4 is 10.1 Å². The fraction of sp³-hybridized carbons (Fsp3) is 0.531. The number of aryl methyl sites for hydroxylation is 2. The SMILES string of the molecule is CCCCN1C(=O)[C@@H]([C@H](O)C(C)C)NC(=O)C12CCN(Cc1ccc(Oc3c(C)cc(C(=O)O)cc3C)cc1)CC2.Cl. The minimum atomic E-state index is -0.964. The summed E-state index contributed by atoms with van der Waals surface area (Å²) in [5, 5.41) is 22.8. The zero-order valence-electron chi connectivity index (χ0n) is 25.2. The molecule has 2 fully saturated rings. The summed E-state index contributed by atoms with van der Waals surface area (Å²) >= 11 is 0. The normalized spacial score (nSPS) is 19.4. The van der Waals surface area contributed by atoms with Gasteiger partial charge in [-0.2, -0.15) is 0 Å². The van der Waals surface area contributed by atoms with Gasteiger partial charge in [-0.15, -0.1) is 12.4 Å². The van der Waals surface area contributed by atoms with Crippen molar-refractivity contribution in [3.05, 3.63) is 58.7 Å². The number of aliphatic hydroxyl groups is 1. The monoisotopic (exact) mass is 601 g/mol. The molecule has 2 saturated heterocycles. The number of aromatic carboxylic acids is 1. The molecule has 9 nitrogen and oxygen atoms in total. The van der Waals surface area contributed by atoms with Crippen LogP contribution in [0, 0.1) is 19.8 Å². The van der Waals surface area contributed by atoms with Crippen molar-refractivity contribution in [3.8, 4) is 11.5 Å². The Morgan fingerprint density at radius 3 is 2.21 bits per heavy atom. The molecule has 2 aromatic rings. The number of ether oxygens (including phenoxy) is 1. The molecular formula is C32H44ClN3O6. The fourth-order valence-corrected chi connectivity index (χ4v) is 5.95. The number of carboxylic acids is 1. The number of likely N-dealkylation sites (tertiary alicyclic amines) is 1. The molecule has 0 unspecified atom stereocenters. The molecule has 0 bridgehead atoms. The molecule has 2 aliphatic heterocycles. The topological polar surface area (TPSA) is 119 Å². The predicted octanol–water partition coefficient (Wildman–Crippen LogP) is 4.69. The van der Waals surface area contributed by atoms with Gasteiger partial charge in [0.05, 0.1) is 11.7 Å². The van der Waals surface area contributed by atoms with Gasteiger partial charge in [0.15, 0.2) is 0 Å². The quantitative estimate of drug-likeness (QED) is 0.361. The Hall–Kier alpha value is -3.14. The number of piperazine rings is 1. The zero-order valence-corrected chi connectivity index (χ0v) is 26.0. The predicted molar refractivity (Wildman–Crippen MR) is 163 cm³/mol. The summed E-state index contributed by atoms with van der Waals surface area (Å²) < 4.78 is 6.09. The Morgan fingerprint density at radius 1 is 1.10 bits per heavy atom. The van der Waals surface area contributed by atoms with Crippen molar-refractivity contribution in [2.24, 2.45) is 5.92 Å². The van der Waals surface area contributed by atoms with Crippen LogP contribution in [0.5, 0.6) is 11.5 Å². The van der Waals surface area contributed by atoms with Gasteiger partial charge in [0.25, 0.3) is 0 Å². The number of amides is 2. The molecule has 2 aromatic carbocycles. The summed E-state index contributed by atoms with van der Waals surface area (Å²) in [4.78, 5) is 42.4. The number of halogens is 1. The maximum absolute atomic E-state index is 13.5. The Labute approximate surface area is 254 Å². The second kappa shape index (κ2) is 13.9. The summed E-state index contributed by atoms with van der Waals surface area (Å²) in [5.74, 6) is -0.111. The Kier molecular flexibility index (Phi) is 11.0. The summed E-state index contributed by atoms with van der Waals surface area (Å²) in [7, 11) is 0. The van der Waals surface area contributed by atoms with Crippen LogP contribution in [0.3, 0.4) is 0 Å². The van der Waals surface area contributed by atoms with Crippen LogP contribution in [0.25, 0.3) is 0 Å². The van der Waals surface area contributed by atoms with Gasteiger partial charge in [-0.1, -0.05) is 39.3 Å². The third-order valence-electron chi connectivity index (χ3n) is 8.46. The molecule has 0 aromatic heterocycles. The van der Waals surface area contributed by atoms with E-state index in [1.165, 1.54) is 0 Å². The summed E-state index contributed by atoms with van der Waals surface area (Å²) in [5.41, 5.74) is 1.99. The lowest BCUT2D eigenvalue weighted by Crippen LogP contribution is -2.74. The van der Waals surface area contributed by atoms with E-state index in [2.05, 4.69) is 17.1 Å². The number of nitrogens with one attached hydrogen (secondary N) is 1. The number of aliphatic hydroxyl groups excluding tert-OH is 1. The highest BCUT2D eigenvalue weighted by atomic mass is 35.5. The van der Waals surface area contributed by atoms with E-state index in [4.69, 9.17) is 4.74 Å². The van der Waals surface area contributed by atoms with Gasteiger partial charge >= 0.3 is 5.97 Å². The summed E-state index contributed by atoms with van der Waals surface area (Å²) in [6.45, 7) is 12.0. The van der Waals surface area contributed by atoms with Crippen LogP contribution in [0.4, 0.5) is 0 Å². The molecule has 3 N–H and O–H groups in total. The van der Waals surface area contributed by atoms with Gasteiger partial charge in [0.1, 0.15) is 23.1 Å². The average Bonchev–Trinajstić information content (AvgIpc) is 2.94. The molecule has 0 saturated carbocycles. The Bertz CT molecular complexity index is 1250. The van der Waals surface area contributed by atoms with Crippen molar-refractivity contribution in [1.29, 1.82) is 0 Å². The van der Waals surface area contributed by atoms with Crippen molar-refractivity contribution in [2.75, 3.05) is 19.6 Å². The lowest BCUT2D eigenvalue weighted by atomic mass is 9.80. The van der Waals surface area contributed by atoms with Crippen LogP contribution in [-0.2, 0) is 16.1 Å². The molecule has 2 atom stereocenters. The first-order chi connectivity index (χ1) is 19.5. The van der Waals surface area contributed by atoms with E-state index in [1.54, 1.807) is 17.0 Å². The van der Waals surface area contributed by atoms with Gasteiger partial charge in [0.2, 0.25) is 11.8 Å². The number of nitrogens with zero attached hydrogens (tertiary/aromatic N) is 2. The second-order valence-corrected chi connectivity index (χ2v) is 11.8. The van der Waals surface area contributed by atoms with E-state index < -0.39 is 23.7 Å². The van der Waals surface area contributed by atoms with E-state index in [-0.39, 0.29) is 35.7 Å². The highest BCUT2D eigenvalue weighted by molar-refractivity contribution is 6.00. The minimum Gasteiger partial charge on any atom is -0.478 e. The van der Waals surface area contributed by atoms with Gasteiger partial charge in [0, 0.05) is 26.2 Å². The summed E-state index contributed by atoms with van der Waals surface area (Å²) in [6.07, 6.45) is 1.90. The van der Waals surface area contributed by atoms with E-state index in [0.717, 1.165) is 29.5 Å². The van der Waals surface area contributed by atoms with Crippen LogP contribution in [0.2, 0.25) is 0 Å². The van der Waals surface area contributed by atoms with E-state index in [0.29, 0.717) is 50.5 Å². The molecule has 230 valence electrons. The van der Waals surface area contributed by atoms with Crippen molar-refractivity contribution >= 4 is 30.2 Å². The number of unbranched alkanes of at least 4 members (excludes halogenated alkanes) is 1. The third kappa shape index (κ3) is 6.90. The molecule has 10 heteroatoms. The molecule has 1 spiro atoms. The molecule has 2 heterocycles. The number of carboxylic acid groups (broad SMARTS) is 1. The molecule has 4 rings (SSSR count). The minimum absolute atomic E-state index is 0. The van der Waals surface area contributed by atoms with Crippen LogP contribution in [0.1, 0.15) is 73.5 Å². The average molecular weight is 602 g/mol. The van der Waals surface area contributed by atoms with Crippen molar-refractivity contribution in [1.82, 2.24) is 15.1 Å². The molecule has 0 aliphatic carbocycles. The van der Waals surface area contributed by atoms with E-state index >= 15 is 0 Å². The van der Waals surface area contributed by atoms with Crippen molar-refractivity contribution < 1.29 is 29.3 Å². The maximum atomic E-state index is 13.5.